The number of carbonyl (C=O) groups is 3. The molecule has 0 aliphatic carbocycles. The van der Waals surface area contributed by atoms with Crippen LogP contribution in [0.2, 0.25) is 0 Å². The molecule has 0 bridgehead atoms. The molecule has 0 aliphatic rings. The molecule has 168 valence electrons. The molecule has 2 aromatic carbocycles. The Bertz CT molecular complexity index is 1350. The third-order valence-electron chi connectivity index (χ3n) is 5.54. The molecule has 2 amide bonds. The summed E-state index contributed by atoms with van der Waals surface area (Å²) in [5, 5.41) is 16.2. The minimum Gasteiger partial charge on any atom is -0.480 e. The second kappa shape index (κ2) is 9.12. The zero-order valence-electron chi connectivity index (χ0n) is 18.3. The lowest BCUT2D eigenvalue weighted by atomic mass is 10.0. The number of carboxylic acid groups (broad SMARTS) is 1. The van der Waals surface area contributed by atoms with Crippen LogP contribution in [0.5, 0.6) is 0 Å². The number of carboxylic acids is 1. The van der Waals surface area contributed by atoms with E-state index in [1.165, 1.54) is 6.92 Å². The van der Waals surface area contributed by atoms with Gasteiger partial charge in [0.25, 0.3) is 5.91 Å². The number of amides is 2. The summed E-state index contributed by atoms with van der Waals surface area (Å²) in [6, 6.07) is 16.6. The molecule has 2 unspecified atom stereocenters. The van der Waals surface area contributed by atoms with Gasteiger partial charge in [0.2, 0.25) is 5.91 Å². The molecule has 4 N–H and O–H groups in total. The van der Waals surface area contributed by atoms with Gasteiger partial charge in [0.05, 0.1) is 11.2 Å². The number of rotatable bonds is 7. The van der Waals surface area contributed by atoms with E-state index in [0.29, 0.717) is 5.69 Å². The van der Waals surface area contributed by atoms with Crippen molar-refractivity contribution in [3.63, 3.8) is 0 Å². The normalized spacial score (nSPS) is 12.9. The molecule has 2 aromatic heterocycles. The molecule has 0 aliphatic heterocycles. The van der Waals surface area contributed by atoms with E-state index >= 15 is 0 Å². The van der Waals surface area contributed by atoms with Crippen LogP contribution in [0.1, 0.15) is 28.7 Å². The third kappa shape index (κ3) is 4.69. The van der Waals surface area contributed by atoms with Gasteiger partial charge in [0, 0.05) is 22.7 Å². The Hall–Kier alpha value is -4.20. The van der Waals surface area contributed by atoms with E-state index < -0.39 is 29.9 Å². The van der Waals surface area contributed by atoms with Crippen molar-refractivity contribution in [2.45, 2.75) is 32.4 Å². The fourth-order valence-electron chi connectivity index (χ4n) is 3.79. The average Bonchev–Trinajstić information content (AvgIpc) is 3.18. The summed E-state index contributed by atoms with van der Waals surface area (Å²) in [5.41, 5.74) is 3.47. The summed E-state index contributed by atoms with van der Waals surface area (Å²) in [5.74, 6) is -2.24. The number of para-hydroxylation sites is 1. The molecular weight excluding hydrogens is 420 g/mol. The highest BCUT2D eigenvalue weighted by atomic mass is 16.4. The number of fused-ring (bicyclic) bond motifs is 3. The van der Waals surface area contributed by atoms with Crippen molar-refractivity contribution < 1.29 is 19.5 Å². The largest absolute Gasteiger partial charge is 0.480 e. The maximum atomic E-state index is 13.1. The van der Waals surface area contributed by atoms with E-state index in [0.717, 1.165) is 27.4 Å². The summed E-state index contributed by atoms with van der Waals surface area (Å²) in [4.78, 5) is 44.9. The van der Waals surface area contributed by atoms with Crippen LogP contribution in [-0.2, 0) is 16.0 Å². The first kappa shape index (κ1) is 22.0. The van der Waals surface area contributed by atoms with E-state index in [2.05, 4.69) is 20.6 Å². The minimum atomic E-state index is -1.16. The summed E-state index contributed by atoms with van der Waals surface area (Å²) >= 11 is 0. The van der Waals surface area contributed by atoms with Crippen molar-refractivity contribution in [3.05, 3.63) is 77.6 Å². The topological polar surface area (TPSA) is 124 Å². The van der Waals surface area contributed by atoms with Crippen LogP contribution in [0, 0.1) is 6.92 Å². The van der Waals surface area contributed by atoms with Crippen molar-refractivity contribution in [1.29, 1.82) is 0 Å². The highest BCUT2D eigenvalue weighted by Gasteiger charge is 2.26. The fourth-order valence-corrected chi connectivity index (χ4v) is 3.79. The molecule has 8 heteroatoms. The molecule has 4 aromatic rings. The fraction of sp³-hybridized carbons (Fsp3) is 0.200. The van der Waals surface area contributed by atoms with Gasteiger partial charge in [-0.05, 0) is 31.5 Å². The number of H-pyrrole nitrogens is 1. The molecule has 33 heavy (non-hydrogen) atoms. The van der Waals surface area contributed by atoms with Crippen molar-refractivity contribution in [2.75, 3.05) is 0 Å². The Balaban J connectivity index is 1.64. The first-order valence-electron chi connectivity index (χ1n) is 10.6. The quantitative estimate of drug-likeness (QED) is 0.349. The number of benzene rings is 2. The Labute approximate surface area is 190 Å². The van der Waals surface area contributed by atoms with Crippen LogP contribution >= 0.6 is 0 Å². The summed E-state index contributed by atoms with van der Waals surface area (Å²) in [7, 11) is 0. The Morgan fingerprint density at radius 3 is 2.42 bits per heavy atom. The van der Waals surface area contributed by atoms with Gasteiger partial charge in [0.1, 0.15) is 17.8 Å². The van der Waals surface area contributed by atoms with Crippen molar-refractivity contribution in [2.24, 2.45) is 0 Å². The van der Waals surface area contributed by atoms with Gasteiger partial charge in [-0.15, -0.1) is 0 Å². The number of hydrogen-bond acceptors (Lipinski definition) is 4. The molecule has 0 saturated carbocycles. The molecule has 4 rings (SSSR count). The lowest BCUT2D eigenvalue weighted by molar-refractivity contribution is -0.141. The number of aryl methyl sites for hydroxylation is 1. The standard InChI is InChI=1S/C25H24N4O4/c1-14-22-18(17-10-6-7-11-19(17)28-22)13-21(26-14)24(31)29-20(12-16-8-4-3-5-9-16)23(30)27-15(2)25(32)33/h3-11,13,15,20,28H,12H2,1-2H3,(H,27,30)(H,29,31)(H,32,33). The van der Waals surface area contributed by atoms with Crippen molar-refractivity contribution in [3.8, 4) is 0 Å². The number of hydrogen-bond donors (Lipinski definition) is 4. The maximum Gasteiger partial charge on any atom is 0.325 e. The van der Waals surface area contributed by atoms with E-state index in [-0.39, 0.29) is 12.1 Å². The number of pyridine rings is 1. The molecule has 0 radical (unpaired) electrons. The third-order valence-corrected chi connectivity index (χ3v) is 5.54. The van der Waals surface area contributed by atoms with E-state index in [4.69, 9.17) is 5.11 Å². The van der Waals surface area contributed by atoms with Gasteiger partial charge in [-0.1, -0.05) is 48.5 Å². The van der Waals surface area contributed by atoms with E-state index in [1.54, 1.807) is 6.07 Å². The summed E-state index contributed by atoms with van der Waals surface area (Å²) in [6.45, 7) is 3.19. The number of carbonyl (C=O) groups excluding carboxylic acids is 2. The van der Waals surface area contributed by atoms with Crippen LogP contribution in [-0.4, -0.2) is 44.9 Å². The predicted molar refractivity (Wildman–Crippen MR) is 125 cm³/mol. The van der Waals surface area contributed by atoms with Gasteiger partial charge in [-0.25, -0.2) is 4.98 Å². The number of aromatic amines is 1. The molecular formula is C25H24N4O4. The number of nitrogens with zero attached hydrogens (tertiary/aromatic N) is 1. The minimum absolute atomic E-state index is 0.182. The predicted octanol–water partition coefficient (Wildman–Crippen LogP) is 2.95. The van der Waals surface area contributed by atoms with Crippen LogP contribution in [0.25, 0.3) is 21.8 Å². The lowest BCUT2D eigenvalue weighted by Gasteiger charge is -2.20. The first-order chi connectivity index (χ1) is 15.8. The second-order valence-electron chi connectivity index (χ2n) is 7.97. The summed E-state index contributed by atoms with van der Waals surface area (Å²) in [6.07, 6.45) is 0.207. The molecule has 2 heterocycles. The van der Waals surface area contributed by atoms with Crippen molar-refractivity contribution >= 4 is 39.6 Å². The number of nitrogens with one attached hydrogen (secondary N) is 3. The van der Waals surface area contributed by atoms with Gasteiger partial charge in [-0.3, -0.25) is 14.4 Å². The Kier molecular flexibility index (Phi) is 6.08. The maximum absolute atomic E-state index is 13.1. The molecule has 0 fully saturated rings. The van der Waals surface area contributed by atoms with Gasteiger partial charge in [0.15, 0.2) is 0 Å². The van der Waals surface area contributed by atoms with Gasteiger partial charge >= 0.3 is 5.97 Å². The van der Waals surface area contributed by atoms with Crippen molar-refractivity contribution in [1.82, 2.24) is 20.6 Å². The van der Waals surface area contributed by atoms with Crippen LogP contribution in [0.15, 0.2) is 60.7 Å². The first-order valence-corrected chi connectivity index (χ1v) is 10.6. The smallest absolute Gasteiger partial charge is 0.325 e. The van der Waals surface area contributed by atoms with E-state index in [1.807, 2.05) is 61.5 Å². The lowest BCUT2D eigenvalue weighted by Crippen LogP contribution is -2.51. The Morgan fingerprint density at radius 1 is 1.00 bits per heavy atom. The average molecular weight is 444 g/mol. The molecule has 8 nitrogen and oxygen atoms in total. The second-order valence-corrected chi connectivity index (χ2v) is 7.97. The SMILES string of the molecule is Cc1nc(C(=O)NC(Cc2ccccc2)C(=O)NC(C)C(=O)O)cc2c1[nH]c1ccccc12. The van der Waals surface area contributed by atoms with E-state index in [9.17, 15) is 14.4 Å². The molecule has 0 spiro atoms. The number of aromatic nitrogens is 2. The zero-order chi connectivity index (χ0) is 23.5. The van der Waals surface area contributed by atoms with Crippen LogP contribution in [0.4, 0.5) is 0 Å². The molecule has 2 atom stereocenters. The number of aliphatic carboxylic acids is 1. The Morgan fingerprint density at radius 2 is 1.70 bits per heavy atom. The molecule has 0 saturated heterocycles. The van der Waals surface area contributed by atoms with Crippen LogP contribution in [0.3, 0.4) is 0 Å². The highest BCUT2D eigenvalue weighted by Crippen LogP contribution is 2.27. The highest BCUT2D eigenvalue weighted by molar-refractivity contribution is 6.10. The van der Waals surface area contributed by atoms with Crippen LogP contribution < -0.4 is 10.6 Å². The van der Waals surface area contributed by atoms with Gasteiger partial charge in [-0.2, -0.15) is 0 Å². The summed E-state index contributed by atoms with van der Waals surface area (Å²) < 4.78 is 0. The monoisotopic (exact) mass is 444 g/mol. The van der Waals surface area contributed by atoms with Gasteiger partial charge < -0.3 is 20.7 Å². The zero-order valence-corrected chi connectivity index (χ0v) is 18.3.